The van der Waals surface area contributed by atoms with E-state index in [1.807, 2.05) is 6.92 Å². The van der Waals surface area contributed by atoms with Gasteiger partial charge in [-0.05, 0) is 30.7 Å². The highest BCUT2D eigenvalue weighted by Crippen LogP contribution is 2.24. The van der Waals surface area contributed by atoms with Crippen molar-refractivity contribution in [3.63, 3.8) is 0 Å². The number of likely N-dealkylation sites (tertiary alicyclic amines) is 1. The molecule has 1 heterocycles. The number of alkyl halides is 2. The highest BCUT2D eigenvalue weighted by Gasteiger charge is 2.40. The van der Waals surface area contributed by atoms with E-state index in [-0.39, 0.29) is 17.2 Å². The summed E-state index contributed by atoms with van der Waals surface area (Å²) in [5, 5.41) is 0. The molecule has 1 aliphatic heterocycles. The first kappa shape index (κ1) is 13.7. The highest BCUT2D eigenvalue weighted by atomic mass is 19.3. The number of amides is 1. The molecule has 0 atom stereocenters. The number of nitrogens with two attached hydrogens (primary N) is 1. The minimum absolute atomic E-state index is 0.0388. The largest absolute Gasteiger partial charge is 0.435 e. The molecule has 19 heavy (non-hydrogen) atoms. The fourth-order valence-electron chi connectivity index (χ4n) is 2.04. The van der Waals surface area contributed by atoms with Crippen molar-refractivity contribution in [1.29, 1.82) is 0 Å². The smallest absolute Gasteiger partial charge is 0.387 e. The van der Waals surface area contributed by atoms with Gasteiger partial charge in [-0.25, -0.2) is 0 Å². The average molecular weight is 270 g/mol. The molecule has 1 fully saturated rings. The van der Waals surface area contributed by atoms with Gasteiger partial charge in [-0.15, -0.1) is 0 Å². The molecule has 0 aliphatic carbocycles. The lowest BCUT2D eigenvalue weighted by Gasteiger charge is -2.47. The number of rotatable bonds is 4. The van der Waals surface area contributed by atoms with Gasteiger partial charge in [0.2, 0.25) is 0 Å². The first-order valence-corrected chi connectivity index (χ1v) is 6.06. The van der Waals surface area contributed by atoms with Gasteiger partial charge < -0.3 is 15.4 Å². The Morgan fingerprint density at radius 1 is 1.42 bits per heavy atom. The highest BCUT2D eigenvalue weighted by molar-refractivity contribution is 5.95. The topological polar surface area (TPSA) is 55.6 Å². The predicted octanol–water partition coefficient (Wildman–Crippen LogP) is 1.85. The van der Waals surface area contributed by atoms with Crippen molar-refractivity contribution in [3.8, 4) is 5.75 Å². The molecule has 1 aromatic rings. The third-order valence-electron chi connectivity index (χ3n) is 3.33. The Hall–Kier alpha value is -1.69. The molecular formula is C13H16F2N2O2. The van der Waals surface area contributed by atoms with E-state index in [2.05, 4.69) is 4.74 Å². The Morgan fingerprint density at radius 3 is 2.47 bits per heavy atom. The van der Waals surface area contributed by atoms with Crippen molar-refractivity contribution in [2.75, 3.05) is 13.1 Å². The normalized spacial score (nSPS) is 17.2. The van der Waals surface area contributed by atoms with Crippen LogP contribution in [-0.2, 0) is 0 Å². The SMILES string of the molecule is CCC1(N)CN(C(=O)c2ccc(OC(F)F)cc2)C1. The van der Waals surface area contributed by atoms with E-state index in [4.69, 9.17) is 5.73 Å². The number of halogens is 2. The maximum absolute atomic E-state index is 12.0. The van der Waals surface area contributed by atoms with Crippen molar-refractivity contribution in [2.45, 2.75) is 25.5 Å². The van der Waals surface area contributed by atoms with Crippen LogP contribution in [0.25, 0.3) is 0 Å². The number of hydrogen-bond donors (Lipinski definition) is 1. The standard InChI is InChI=1S/C13H16F2N2O2/c1-2-13(16)7-17(8-13)11(18)9-3-5-10(6-4-9)19-12(14)15/h3-6,12H,2,7-8,16H2,1H3. The molecular weight excluding hydrogens is 254 g/mol. The molecule has 0 radical (unpaired) electrons. The molecule has 0 saturated carbocycles. The maximum atomic E-state index is 12.0. The molecule has 6 heteroatoms. The van der Waals surface area contributed by atoms with E-state index in [1.54, 1.807) is 4.90 Å². The summed E-state index contributed by atoms with van der Waals surface area (Å²) in [6.45, 7) is 0.174. The second kappa shape index (κ2) is 5.13. The third kappa shape index (κ3) is 3.01. The van der Waals surface area contributed by atoms with Gasteiger partial charge in [0.05, 0.1) is 5.54 Å². The van der Waals surface area contributed by atoms with E-state index in [9.17, 15) is 13.6 Å². The monoisotopic (exact) mass is 270 g/mol. The Kier molecular flexibility index (Phi) is 3.71. The number of carbonyl (C=O) groups is 1. The van der Waals surface area contributed by atoms with Crippen LogP contribution in [0.5, 0.6) is 5.75 Å². The summed E-state index contributed by atoms with van der Waals surface area (Å²) in [5.41, 5.74) is 6.15. The molecule has 1 aliphatic rings. The molecule has 2 N–H and O–H groups in total. The molecule has 0 unspecified atom stereocenters. The molecule has 0 aromatic heterocycles. The van der Waals surface area contributed by atoms with Crippen LogP contribution in [0.15, 0.2) is 24.3 Å². The van der Waals surface area contributed by atoms with Gasteiger partial charge in [0.1, 0.15) is 5.75 Å². The number of hydrogen-bond acceptors (Lipinski definition) is 3. The Bertz CT molecular complexity index is 456. The van der Waals surface area contributed by atoms with Gasteiger partial charge in [-0.3, -0.25) is 4.79 Å². The molecule has 1 aromatic carbocycles. The van der Waals surface area contributed by atoms with Crippen LogP contribution in [0, 0.1) is 0 Å². The maximum Gasteiger partial charge on any atom is 0.387 e. The molecule has 1 amide bonds. The summed E-state index contributed by atoms with van der Waals surface area (Å²) in [4.78, 5) is 13.7. The van der Waals surface area contributed by atoms with Gasteiger partial charge in [-0.1, -0.05) is 6.92 Å². The first-order valence-electron chi connectivity index (χ1n) is 6.06. The van der Waals surface area contributed by atoms with E-state index in [1.165, 1.54) is 24.3 Å². The summed E-state index contributed by atoms with van der Waals surface area (Å²) in [6, 6.07) is 5.66. The second-order valence-electron chi connectivity index (χ2n) is 4.78. The lowest BCUT2D eigenvalue weighted by molar-refractivity contribution is -0.0498. The first-order chi connectivity index (χ1) is 8.93. The van der Waals surface area contributed by atoms with Crippen molar-refractivity contribution < 1.29 is 18.3 Å². The zero-order valence-electron chi connectivity index (χ0n) is 10.6. The lowest BCUT2D eigenvalue weighted by atomic mass is 9.88. The summed E-state index contributed by atoms with van der Waals surface area (Å²) < 4.78 is 28.2. The molecule has 4 nitrogen and oxygen atoms in total. The van der Waals surface area contributed by atoms with Crippen molar-refractivity contribution in [3.05, 3.63) is 29.8 Å². The van der Waals surface area contributed by atoms with E-state index in [0.717, 1.165) is 6.42 Å². The van der Waals surface area contributed by atoms with Crippen LogP contribution in [0.2, 0.25) is 0 Å². The van der Waals surface area contributed by atoms with E-state index < -0.39 is 6.61 Å². The number of benzene rings is 1. The molecule has 1 saturated heterocycles. The Balaban J connectivity index is 1.97. The van der Waals surface area contributed by atoms with Crippen molar-refractivity contribution in [1.82, 2.24) is 4.90 Å². The number of nitrogens with zero attached hydrogens (tertiary/aromatic N) is 1. The van der Waals surface area contributed by atoms with Crippen LogP contribution < -0.4 is 10.5 Å². The van der Waals surface area contributed by atoms with Crippen LogP contribution in [0.4, 0.5) is 8.78 Å². The zero-order valence-corrected chi connectivity index (χ0v) is 10.6. The van der Waals surface area contributed by atoms with Crippen LogP contribution in [-0.4, -0.2) is 36.0 Å². The lowest BCUT2D eigenvalue weighted by Crippen LogP contribution is -2.68. The van der Waals surface area contributed by atoms with Crippen LogP contribution in [0.1, 0.15) is 23.7 Å². The fourth-order valence-corrected chi connectivity index (χ4v) is 2.04. The third-order valence-corrected chi connectivity index (χ3v) is 3.33. The zero-order chi connectivity index (χ0) is 14.0. The van der Waals surface area contributed by atoms with Crippen molar-refractivity contribution >= 4 is 5.91 Å². The number of ether oxygens (including phenoxy) is 1. The number of carbonyl (C=O) groups excluding carboxylic acids is 1. The van der Waals surface area contributed by atoms with Gasteiger partial charge in [0, 0.05) is 18.7 Å². The van der Waals surface area contributed by atoms with Gasteiger partial charge in [-0.2, -0.15) is 8.78 Å². The fraction of sp³-hybridized carbons (Fsp3) is 0.462. The second-order valence-corrected chi connectivity index (χ2v) is 4.78. The molecule has 0 spiro atoms. The quantitative estimate of drug-likeness (QED) is 0.908. The summed E-state index contributed by atoms with van der Waals surface area (Å²) >= 11 is 0. The average Bonchev–Trinajstić information content (AvgIpc) is 2.34. The van der Waals surface area contributed by atoms with Gasteiger partial charge >= 0.3 is 6.61 Å². The summed E-state index contributed by atoms with van der Waals surface area (Å²) in [5.74, 6) is -0.102. The molecule has 0 bridgehead atoms. The minimum atomic E-state index is -2.86. The summed E-state index contributed by atoms with van der Waals surface area (Å²) in [7, 11) is 0. The van der Waals surface area contributed by atoms with E-state index >= 15 is 0 Å². The van der Waals surface area contributed by atoms with Gasteiger partial charge in [0.25, 0.3) is 5.91 Å². The predicted molar refractivity (Wildman–Crippen MR) is 66.2 cm³/mol. The molecule has 2 rings (SSSR count). The summed E-state index contributed by atoms with van der Waals surface area (Å²) in [6.07, 6.45) is 0.817. The van der Waals surface area contributed by atoms with Gasteiger partial charge in [0.15, 0.2) is 0 Å². The van der Waals surface area contributed by atoms with Crippen molar-refractivity contribution in [2.24, 2.45) is 5.73 Å². The van der Waals surface area contributed by atoms with Crippen LogP contribution in [0.3, 0.4) is 0 Å². The van der Waals surface area contributed by atoms with Crippen LogP contribution >= 0.6 is 0 Å². The minimum Gasteiger partial charge on any atom is -0.435 e. The molecule has 104 valence electrons. The Labute approximate surface area is 110 Å². The Morgan fingerprint density at radius 2 is 2.00 bits per heavy atom. The van der Waals surface area contributed by atoms with E-state index in [0.29, 0.717) is 18.7 Å².